The van der Waals surface area contributed by atoms with Crippen molar-refractivity contribution >= 4 is 16.1 Å². The first-order valence-corrected chi connectivity index (χ1v) is 10.2. The van der Waals surface area contributed by atoms with Crippen molar-refractivity contribution in [3.63, 3.8) is 0 Å². The molecule has 2 rings (SSSR count). The first kappa shape index (κ1) is 22.3. The Balaban J connectivity index is 1.98. The average molecular weight is 422 g/mol. The van der Waals surface area contributed by atoms with Crippen molar-refractivity contribution in [2.75, 3.05) is 7.11 Å². The highest BCUT2D eigenvalue weighted by Crippen LogP contribution is 2.44. The van der Waals surface area contributed by atoms with Gasteiger partial charge in [0, 0.05) is 6.42 Å². The Morgan fingerprint density at radius 2 is 1.63 bits per heavy atom. The Bertz CT molecular complexity index is 622. The quantitative estimate of drug-likeness (QED) is 0.352. The van der Waals surface area contributed by atoms with Crippen molar-refractivity contribution in [3.05, 3.63) is 0 Å². The molecule has 2 bridgehead atoms. The Morgan fingerprint density at radius 1 is 1.07 bits per heavy atom. The highest BCUT2D eigenvalue weighted by molar-refractivity contribution is 7.87. The van der Waals surface area contributed by atoms with E-state index in [1.807, 2.05) is 0 Å². The summed E-state index contributed by atoms with van der Waals surface area (Å²) < 4.78 is 95.9. The third kappa shape index (κ3) is 5.30. The van der Waals surface area contributed by atoms with Gasteiger partial charge < -0.3 is 4.74 Å². The van der Waals surface area contributed by atoms with Crippen molar-refractivity contribution in [3.8, 4) is 0 Å². The lowest BCUT2D eigenvalue weighted by Gasteiger charge is -2.39. The number of rotatable bonds is 7. The topological polar surface area (TPSA) is 69.7 Å². The fourth-order valence-electron chi connectivity index (χ4n) is 4.19. The minimum Gasteiger partial charge on any atom is -0.445 e. The van der Waals surface area contributed by atoms with Gasteiger partial charge in [-0.3, -0.25) is 8.98 Å². The smallest absolute Gasteiger partial charge is 0.432 e. The maximum absolute atomic E-state index is 13.8. The summed E-state index contributed by atoms with van der Waals surface area (Å²) in [6.45, 7) is 0. The van der Waals surface area contributed by atoms with E-state index in [2.05, 4.69) is 8.92 Å². The van der Waals surface area contributed by atoms with Gasteiger partial charge in [0.05, 0.1) is 7.11 Å². The van der Waals surface area contributed by atoms with E-state index in [0.717, 1.165) is 38.5 Å². The molecule has 2 aliphatic carbocycles. The van der Waals surface area contributed by atoms with Gasteiger partial charge in [0.15, 0.2) is 0 Å². The van der Waals surface area contributed by atoms with Gasteiger partial charge in [-0.1, -0.05) is 19.3 Å². The number of fused-ring (bicyclic) bond motifs is 2. The molecule has 27 heavy (non-hydrogen) atoms. The molecule has 0 spiro atoms. The molecule has 2 aliphatic rings. The van der Waals surface area contributed by atoms with Crippen LogP contribution in [0.5, 0.6) is 0 Å². The number of esters is 1. The van der Waals surface area contributed by atoms with Crippen molar-refractivity contribution in [1.29, 1.82) is 0 Å². The summed E-state index contributed by atoms with van der Waals surface area (Å²) in [5, 5.41) is -5.45. The van der Waals surface area contributed by atoms with Gasteiger partial charge in [0.2, 0.25) is 0 Å². The summed E-state index contributed by atoms with van der Waals surface area (Å²) in [7, 11) is -5.60. The molecule has 3 unspecified atom stereocenters. The zero-order chi connectivity index (χ0) is 20.5. The van der Waals surface area contributed by atoms with Gasteiger partial charge in [-0.25, -0.2) is 0 Å². The van der Waals surface area contributed by atoms with E-state index in [9.17, 15) is 35.2 Å². The molecule has 2 saturated carbocycles. The number of carbonyl (C=O) groups is 1. The first-order chi connectivity index (χ1) is 12.4. The lowest BCUT2D eigenvalue weighted by atomic mass is 9.67. The highest BCUT2D eigenvalue weighted by Gasteiger charge is 2.66. The molecule has 0 aromatic heterocycles. The second kappa shape index (κ2) is 8.18. The van der Waals surface area contributed by atoms with E-state index < -0.39 is 40.0 Å². The zero-order valence-corrected chi connectivity index (χ0v) is 15.6. The molecule has 158 valence electrons. The first-order valence-electron chi connectivity index (χ1n) is 8.81. The third-order valence-corrected chi connectivity index (χ3v) is 6.71. The van der Waals surface area contributed by atoms with Gasteiger partial charge >= 0.3 is 27.5 Å². The van der Waals surface area contributed by atoms with E-state index in [4.69, 9.17) is 0 Å². The molecule has 11 heteroatoms. The molecule has 0 N–H and O–H groups in total. The standard InChI is InChI=1S/C16H23F5O5S/c1-25-27(23,24)16(20,21)14(15(17,18)19)26-13(22)6-5-12-8-10-3-2-4-11(7-10)9-12/h10-12,14H,2-9H2,1H3. The molecule has 5 nitrogen and oxygen atoms in total. The lowest BCUT2D eigenvalue weighted by Crippen LogP contribution is -2.52. The van der Waals surface area contributed by atoms with Crippen LogP contribution in [-0.2, 0) is 23.8 Å². The van der Waals surface area contributed by atoms with Crippen molar-refractivity contribution in [2.45, 2.75) is 68.9 Å². The van der Waals surface area contributed by atoms with E-state index in [0.29, 0.717) is 18.9 Å². The molecule has 0 heterocycles. The van der Waals surface area contributed by atoms with Crippen LogP contribution >= 0.6 is 0 Å². The van der Waals surface area contributed by atoms with Gasteiger partial charge in [0.25, 0.3) is 6.10 Å². The maximum Gasteiger partial charge on any atom is 0.432 e. The number of hydrogen-bond acceptors (Lipinski definition) is 5. The Kier molecular flexibility index (Phi) is 6.76. The monoisotopic (exact) mass is 422 g/mol. The van der Waals surface area contributed by atoms with Crippen LogP contribution in [0.2, 0.25) is 0 Å². The summed E-state index contributed by atoms with van der Waals surface area (Å²) in [6.07, 6.45) is -3.94. The molecule has 0 aromatic carbocycles. The molecule has 0 amide bonds. The fourth-order valence-corrected chi connectivity index (χ4v) is 4.85. The van der Waals surface area contributed by atoms with Gasteiger partial charge in [-0.2, -0.15) is 30.4 Å². The van der Waals surface area contributed by atoms with Crippen molar-refractivity contribution in [2.24, 2.45) is 17.8 Å². The summed E-state index contributed by atoms with van der Waals surface area (Å²) in [6, 6.07) is 0. The molecule has 0 saturated heterocycles. The van der Waals surface area contributed by atoms with Crippen molar-refractivity contribution in [1.82, 2.24) is 0 Å². The number of ether oxygens (including phenoxy) is 1. The normalized spacial score (nSPS) is 27.9. The van der Waals surface area contributed by atoms with Gasteiger partial charge in [-0.15, -0.1) is 0 Å². The van der Waals surface area contributed by atoms with Gasteiger partial charge in [-0.05, 0) is 43.4 Å². The molecule has 2 fully saturated rings. The lowest BCUT2D eigenvalue weighted by molar-refractivity contribution is -0.259. The van der Waals surface area contributed by atoms with Crippen LogP contribution < -0.4 is 0 Å². The third-order valence-electron chi connectivity index (χ3n) is 5.39. The van der Waals surface area contributed by atoms with E-state index in [-0.39, 0.29) is 12.3 Å². The molecular weight excluding hydrogens is 399 g/mol. The Morgan fingerprint density at radius 3 is 2.11 bits per heavy atom. The van der Waals surface area contributed by atoms with Crippen LogP contribution in [0.1, 0.15) is 51.4 Å². The summed E-state index contributed by atoms with van der Waals surface area (Å²) in [5.74, 6) is -0.288. The SMILES string of the molecule is COS(=O)(=O)C(F)(F)C(OC(=O)CCC1CC2CCCC(C2)C1)C(F)(F)F. The summed E-state index contributed by atoms with van der Waals surface area (Å²) in [4.78, 5) is 11.8. The number of carbonyl (C=O) groups excluding carboxylic acids is 1. The predicted octanol–water partition coefficient (Wildman–Crippen LogP) is 4.03. The molecule has 0 radical (unpaired) electrons. The Labute approximate surface area is 154 Å². The molecule has 3 atom stereocenters. The van der Waals surface area contributed by atoms with Gasteiger partial charge in [0.1, 0.15) is 0 Å². The Hall–Kier alpha value is -0.970. The predicted molar refractivity (Wildman–Crippen MR) is 84.2 cm³/mol. The largest absolute Gasteiger partial charge is 0.445 e. The van der Waals surface area contributed by atoms with E-state index >= 15 is 0 Å². The fraction of sp³-hybridized carbons (Fsp3) is 0.938. The van der Waals surface area contributed by atoms with Crippen LogP contribution in [0.4, 0.5) is 22.0 Å². The number of alkyl halides is 5. The summed E-state index contributed by atoms with van der Waals surface area (Å²) >= 11 is 0. The second-order valence-electron chi connectivity index (χ2n) is 7.37. The minimum absolute atomic E-state index is 0.133. The maximum atomic E-state index is 13.8. The van der Waals surface area contributed by atoms with Crippen LogP contribution in [0, 0.1) is 17.8 Å². The minimum atomic E-state index is -5.90. The van der Waals surface area contributed by atoms with E-state index in [1.54, 1.807) is 0 Å². The van der Waals surface area contributed by atoms with Crippen LogP contribution in [0.25, 0.3) is 0 Å². The molecule has 0 aromatic rings. The van der Waals surface area contributed by atoms with Crippen LogP contribution in [0.3, 0.4) is 0 Å². The number of halogens is 5. The average Bonchev–Trinajstić information content (AvgIpc) is 2.56. The molecule has 0 aliphatic heterocycles. The summed E-state index contributed by atoms with van der Waals surface area (Å²) in [5.41, 5.74) is 0. The zero-order valence-electron chi connectivity index (χ0n) is 14.8. The van der Waals surface area contributed by atoms with E-state index in [1.165, 1.54) is 0 Å². The highest BCUT2D eigenvalue weighted by atomic mass is 32.2. The molecular formula is C16H23F5O5S. The number of hydrogen-bond donors (Lipinski definition) is 0. The second-order valence-corrected chi connectivity index (χ2v) is 9.15. The van der Waals surface area contributed by atoms with Crippen molar-refractivity contribution < 1.29 is 44.1 Å². The van der Waals surface area contributed by atoms with Crippen LogP contribution in [0.15, 0.2) is 0 Å². The van der Waals surface area contributed by atoms with Crippen LogP contribution in [-0.4, -0.2) is 39.0 Å².